The van der Waals surface area contributed by atoms with Crippen LogP contribution in [-0.2, 0) is 10.0 Å². The zero-order valence-corrected chi connectivity index (χ0v) is 15.0. The number of halogens is 1. The maximum absolute atomic E-state index is 12.4. The minimum Gasteiger partial charge on any atom is -0.369 e. The number of nitrogens with one attached hydrogen (secondary N) is 1. The Kier molecular flexibility index (Phi) is 4.99. The summed E-state index contributed by atoms with van der Waals surface area (Å²) in [6.45, 7) is 4.02. The molecule has 0 amide bonds. The Labute approximate surface area is 147 Å². The molecule has 1 heterocycles. The van der Waals surface area contributed by atoms with E-state index in [1.807, 2.05) is 12.1 Å². The summed E-state index contributed by atoms with van der Waals surface area (Å²) in [4.78, 5) is 4.79. The molecule has 0 radical (unpaired) electrons. The van der Waals surface area contributed by atoms with Crippen LogP contribution in [0, 0.1) is 0 Å². The summed E-state index contributed by atoms with van der Waals surface area (Å²) >= 11 is 5.80. The minimum atomic E-state index is -3.60. The van der Waals surface area contributed by atoms with E-state index in [0.717, 1.165) is 31.9 Å². The molecule has 0 aliphatic carbocycles. The molecule has 1 aliphatic rings. The highest BCUT2D eigenvalue weighted by molar-refractivity contribution is 7.92. The average Bonchev–Trinajstić information content (AvgIpc) is 2.56. The van der Waals surface area contributed by atoms with Crippen LogP contribution in [0.1, 0.15) is 0 Å². The van der Waals surface area contributed by atoms with E-state index >= 15 is 0 Å². The van der Waals surface area contributed by atoms with E-state index in [1.165, 1.54) is 12.1 Å². The van der Waals surface area contributed by atoms with Gasteiger partial charge in [-0.1, -0.05) is 11.6 Å². The molecule has 5 nitrogen and oxygen atoms in total. The number of nitrogens with zero attached hydrogens (tertiary/aromatic N) is 2. The lowest BCUT2D eigenvalue weighted by Gasteiger charge is -2.34. The van der Waals surface area contributed by atoms with Crippen molar-refractivity contribution in [1.82, 2.24) is 4.90 Å². The Morgan fingerprint density at radius 2 is 1.50 bits per heavy atom. The van der Waals surface area contributed by atoms with E-state index < -0.39 is 10.0 Å². The van der Waals surface area contributed by atoms with Gasteiger partial charge in [-0.2, -0.15) is 0 Å². The van der Waals surface area contributed by atoms with E-state index in [-0.39, 0.29) is 4.90 Å². The first-order valence-electron chi connectivity index (χ1n) is 7.76. The average molecular weight is 366 g/mol. The van der Waals surface area contributed by atoms with Crippen LogP contribution in [-0.4, -0.2) is 46.5 Å². The van der Waals surface area contributed by atoms with Crippen molar-refractivity contribution < 1.29 is 8.42 Å². The van der Waals surface area contributed by atoms with Gasteiger partial charge in [0.2, 0.25) is 0 Å². The fraction of sp³-hybridized carbons (Fsp3) is 0.294. The molecule has 1 N–H and O–H groups in total. The molecular weight excluding hydrogens is 346 g/mol. The number of piperazine rings is 1. The van der Waals surface area contributed by atoms with Crippen LogP contribution in [0.2, 0.25) is 5.02 Å². The van der Waals surface area contributed by atoms with Gasteiger partial charge in [0.15, 0.2) is 0 Å². The Hall–Kier alpha value is -1.76. The molecule has 0 atom stereocenters. The van der Waals surface area contributed by atoms with Gasteiger partial charge in [0, 0.05) is 42.6 Å². The number of benzene rings is 2. The number of sulfonamides is 1. The van der Waals surface area contributed by atoms with Crippen molar-refractivity contribution in [2.24, 2.45) is 0 Å². The first-order valence-corrected chi connectivity index (χ1v) is 9.62. The van der Waals surface area contributed by atoms with Crippen LogP contribution in [0.3, 0.4) is 0 Å². The summed E-state index contributed by atoms with van der Waals surface area (Å²) in [5.41, 5.74) is 1.65. The fourth-order valence-electron chi connectivity index (χ4n) is 2.63. The summed E-state index contributed by atoms with van der Waals surface area (Å²) in [7, 11) is -1.49. The van der Waals surface area contributed by atoms with Crippen LogP contribution in [0.15, 0.2) is 53.4 Å². The topological polar surface area (TPSA) is 52.6 Å². The van der Waals surface area contributed by atoms with Crippen molar-refractivity contribution in [3.63, 3.8) is 0 Å². The first-order chi connectivity index (χ1) is 11.4. The summed E-state index contributed by atoms with van der Waals surface area (Å²) in [6.07, 6.45) is 0. The summed E-state index contributed by atoms with van der Waals surface area (Å²) < 4.78 is 27.3. The Bertz CT molecular complexity index is 784. The zero-order chi connectivity index (χ0) is 17.2. The number of anilines is 2. The Morgan fingerprint density at radius 1 is 0.917 bits per heavy atom. The highest BCUT2D eigenvalue weighted by atomic mass is 35.5. The lowest BCUT2D eigenvalue weighted by atomic mass is 10.2. The molecule has 1 aliphatic heterocycles. The summed E-state index contributed by atoms with van der Waals surface area (Å²) in [6, 6.07) is 13.6. The molecule has 2 aromatic carbocycles. The number of likely N-dealkylation sites (N-methyl/N-ethyl adjacent to an activating group) is 1. The second kappa shape index (κ2) is 7.01. The summed E-state index contributed by atoms with van der Waals surface area (Å²) in [5.74, 6) is 0. The molecular formula is C17H20ClN3O2S. The molecule has 0 spiro atoms. The van der Waals surface area contributed by atoms with Gasteiger partial charge in [-0.05, 0) is 55.6 Å². The van der Waals surface area contributed by atoms with E-state index in [1.54, 1.807) is 24.3 Å². The van der Waals surface area contributed by atoms with Gasteiger partial charge in [0.05, 0.1) is 4.90 Å². The number of hydrogen-bond donors (Lipinski definition) is 1. The molecule has 0 unspecified atom stereocenters. The molecule has 3 rings (SSSR count). The molecule has 0 bridgehead atoms. The lowest BCUT2D eigenvalue weighted by Crippen LogP contribution is -2.44. The van der Waals surface area contributed by atoms with Gasteiger partial charge in [-0.25, -0.2) is 8.42 Å². The first kappa shape index (κ1) is 17.1. The van der Waals surface area contributed by atoms with E-state index in [4.69, 9.17) is 11.6 Å². The second-order valence-electron chi connectivity index (χ2n) is 5.90. The SMILES string of the molecule is CN1CCN(c2ccc(NS(=O)(=O)c3ccc(Cl)cc3)cc2)CC1. The highest BCUT2D eigenvalue weighted by Gasteiger charge is 2.16. The Morgan fingerprint density at radius 3 is 2.08 bits per heavy atom. The quantitative estimate of drug-likeness (QED) is 0.905. The smallest absolute Gasteiger partial charge is 0.261 e. The van der Waals surface area contributed by atoms with Crippen molar-refractivity contribution in [2.45, 2.75) is 4.90 Å². The van der Waals surface area contributed by atoms with Crippen LogP contribution in [0.5, 0.6) is 0 Å². The van der Waals surface area contributed by atoms with Gasteiger partial charge in [-0.15, -0.1) is 0 Å². The summed E-state index contributed by atoms with van der Waals surface area (Å²) in [5, 5.41) is 0.505. The van der Waals surface area contributed by atoms with Crippen molar-refractivity contribution in [3.8, 4) is 0 Å². The van der Waals surface area contributed by atoms with Crippen molar-refractivity contribution >= 4 is 33.0 Å². The normalized spacial score (nSPS) is 16.2. The van der Waals surface area contributed by atoms with Crippen molar-refractivity contribution in [3.05, 3.63) is 53.6 Å². The van der Waals surface area contributed by atoms with E-state index in [9.17, 15) is 8.42 Å². The molecule has 2 aromatic rings. The fourth-order valence-corrected chi connectivity index (χ4v) is 3.82. The molecule has 0 saturated carbocycles. The van der Waals surface area contributed by atoms with Gasteiger partial charge in [-0.3, -0.25) is 4.72 Å². The molecule has 7 heteroatoms. The van der Waals surface area contributed by atoms with Crippen molar-refractivity contribution in [1.29, 1.82) is 0 Å². The largest absolute Gasteiger partial charge is 0.369 e. The number of hydrogen-bond acceptors (Lipinski definition) is 4. The van der Waals surface area contributed by atoms with Crippen LogP contribution >= 0.6 is 11.6 Å². The Balaban J connectivity index is 1.70. The lowest BCUT2D eigenvalue weighted by molar-refractivity contribution is 0.313. The molecule has 0 aromatic heterocycles. The maximum Gasteiger partial charge on any atom is 0.261 e. The van der Waals surface area contributed by atoms with Crippen LogP contribution in [0.25, 0.3) is 0 Å². The molecule has 128 valence electrons. The van der Waals surface area contributed by atoms with E-state index in [0.29, 0.717) is 10.7 Å². The third kappa shape index (κ3) is 4.01. The van der Waals surface area contributed by atoms with Gasteiger partial charge < -0.3 is 9.80 Å². The van der Waals surface area contributed by atoms with Crippen LogP contribution in [0.4, 0.5) is 11.4 Å². The van der Waals surface area contributed by atoms with Gasteiger partial charge >= 0.3 is 0 Å². The minimum absolute atomic E-state index is 0.190. The molecule has 1 fully saturated rings. The van der Waals surface area contributed by atoms with Gasteiger partial charge in [0.25, 0.3) is 10.0 Å². The second-order valence-corrected chi connectivity index (χ2v) is 8.02. The highest BCUT2D eigenvalue weighted by Crippen LogP contribution is 2.22. The maximum atomic E-state index is 12.4. The predicted octanol–water partition coefficient (Wildman–Crippen LogP) is 2.89. The number of rotatable bonds is 4. The molecule has 24 heavy (non-hydrogen) atoms. The van der Waals surface area contributed by atoms with Gasteiger partial charge in [0.1, 0.15) is 0 Å². The van der Waals surface area contributed by atoms with Crippen LogP contribution < -0.4 is 9.62 Å². The zero-order valence-electron chi connectivity index (χ0n) is 13.4. The molecule has 1 saturated heterocycles. The standard InChI is InChI=1S/C17H20ClN3O2S/c1-20-10-12-21(13-11-20)16-6-4-15(5-7-16)19-24(22,23)17-8-2-14(18)3-9-17/h2-9,19H,10-13H2,1H3. The van der Waals surface area contributed by atoms with Crippen molar-refractivity contribution in [2.75, 3.05) is 42.8 Å². The third-order valence-corrected chi connectivity index (χ3v) is 5.76. The third-order valence-electron chi connectivity index (χ3n) is 4.11. The van der Waals surface area contributed by atoms with E-state index in [2.05, 4.69) is 21.6 Å². The predicted molar refractivity (Wildman–Crippen MR) is 98.4 cm³/mol. The monoisotopic (exact) mass is 365 g/mol.